The average Bonchev–Trinajstić information content (AvgIpc) is 2.87. The zero-order valence-corrected chi connectivity index (χ0v) is 18.3. The molecule has 9 nitrogen and oxygen atoms in total. The monoisotopic (exact) mass is 466 g/mol. The van der Waals surface area contributed by atoms with E-state index < -0.39 is 16.2 Å². The molecular formula is C26H18N4O5. The summed E-state index contributed by atoms with van der Waals surface area (Å²) in [5.74, 6) is 0.317. The van der Waals surface area contributed by atoms with Gasteiger partial charge in [0.15, 0.2) is 0 Å². The Morgan fingerprint density at radius 3 is 2.51 bits per heavy atom. The molecule has 0 radical (unpaired) electrons. The van der Waals surface area contributed by atoms with Crippen LogP contribution in [0.2, 0.25) is 0 Å². The van der Waals surface area contributed by atoms with Gasteiger partial charge >= 0.3 is 5.69 Å². The zero-order chi connectivity index (χ0) is 24.4. The molecule has 0 saturated carbocycles. The second kappa shape index (κ2) is 9.06. The molecule has 0 bridgehead atoms. The maximum absolute atomic E-state index is 12.8. The number of hydrogen-bond donors (Lipinski definition) is 1. The van der Waals surface area contributed by atoms with Gasteiger partial charge in [0, 0.05) is 17.7 Å². The minimum absolute atomic E-state index is 0.177. The summed E-state index contributed by atoms with van der Waals surface area (Å²) in [4.78, 5) is 38.6. The molecule has 0 unspecified atom stereocenters. The van der Waals surface area contributed by atoms with Crippen molar-refractivity contribution >= 4 is 33.6 Å². The first-order chi connectivity index (χ1) is 17.0. The summed E-state index contributed by atoms with van der Waals surface area (Å²) < 4.78 is 6.67. The van der Waals surface area contributed by atoms with Crippen LogP contribution in [0.15, 0.2) is 99.6 Å². The predicted molar refractivity (Wildman–Crippen MR) is 133 cm³/mol. The number of rotatable bonds is 6. The molecular weight excluding hydrogens is 448 g/mol. The topological polar surface area (TPSA) is 120 Å². The summed E-state index contributed by atoms with van der Waals surface area (Å²) in [7, 11) is 0. The first-order valence-electron chi connectivity index (χ1n) is 10.7. The number of hydrogen-bond acceptors (Lipinski definition) is 6. The lowest BCUT2D eigenvalue weighted by Crippen LogP contribution is -2.32. The van der Waals surface area contributed by atoms with Gasteiger partial charge in [-0.2, -0.15) is 5.10 Å². The van der Waals surface area contributed by atoms with Crippen molar-refractivity contribution in [2.45, 2.75) is 6.61 Å². The molecule has 0 fully saturated rings. The lowest BCUT2D eigenvalue weighted by molar-refractivity contribution is -0.384. The molecule has 0 aliphatic carbocycles. The van der Waals surface area contributed by atoms with Gasteiger partial charge in [-0.25, -0.2) is 4.79 Å². The van der Waals surface area contributed by atoms with Crippen molar-refractivity contribution in [3.63, 3.8) is 0 Å². The van der Waals surface area contributed by atoms with E-state index in [-0.39, 0.29) is 23.2 Å². The fourth-order valence-electron chi connectivity index (χ4n) is 3.83. The van der Waals surface area contributed by atoms with Crippen LogP contribution in [0.25, 0.3) is 21.7 Å². The third-order valence-corrected chi connectivity index (χ3v) is 5.56. The molecule has 1 N–H and O–H groups in total. The minimum atomic E-state index is -0.728. The first kappa shape index (κ1) is 21.8. The summed E-state index contributed by atoms with van der Waals surface area (Å²) in [6, 6.07) is 24.4. The number of H-pyrrole nitrogens is 1. The van der Waals surface area contributed by atoms with Gasteiger partial charge in [0.25, 0.3) is 11.2 Å². The number of aromatic nitrogens is 2. The van der Waals surface area contributed by atoms with Gasteiger partial charge in [-0.3, -0.25) is 14.9 Å². The third-order valence-electron chi connectivity index (χ3n) is 5.56. The number of para-hydroxylation sites is 1. The second-order valence-electron chi connectivity index (χ2n) is 7.74. The van der Waals surface area contributed by atoms with Gasteiger partial charge in [-0.15, -0.1) is 4.68 Å². The standard InChI is InChI=1S/C26H18N4O5/c31-25-22-10-3-4-11-23(22)28-26(32)29(25)27-15-19-14-20(30(33)34)12-13-24(19)35-16-18-8-5-7-17-6-1-2-9-21(17)18/h1-15H,16H2,(H,28,32). The number of fused-ring (bicyclic) bond motifs is 2. The van der Waals surface area contributed by atoms with Crippen LogP contribution >= 0.6 is 0 Å². The molecule has 172 valence electrons. The summed E-state index contributed by atoms with van der Waals surface area (Å²) in [5, 5.41) is 17.7. The van der Waals surface area contributed by atoms with E-state index in [1.807, 2.05) is 42.5 Å². The molecule has 9 heteroatoms. The van der Waals surface area contributed by atoms with E-state index >= 15 is 0 Å². The average molecular weight is 466 g/mol. The number of ether oxygens (including phenoxy) is 1. The fourth-order valence-corrected chi connectivity index (χ4v) is 3.83. The number of benzene rings is 4. The second-order valence-corrected chi connectivity index (χ2v) is 7.74. The Bertz CT molecular complexity index is 1730. The highest BCUT2D eigenvalue weighted by Crippen LogP contribution is 2.25. The summed E-state index contributed by atoms with van der Waals surface area (Å²) >= 11 is 0. The number of nitro groups is 1. The SMILES string of the molecule is O=c1[nH]c2ccccc2c(=O)n1N=Cc1cc([N+](=O)[O-])ccc1OCc1cccc2ccccc12. The Hall–Kier alpha value is -5.05. The molecule has 1 heterocycles. The summed E-state index contributed by atoms with van der Waals surface area (Å²) in [5.41, 5.74) is 0.0652. The number of nitrogens with zero attached hydrogens (tertiary/aromatic N) is 3. The molecule has 0 amide bonds. The smallest absolute Gasteiger partial charge is 0.349 e. The fraction of sp³-hybridized carbons (Fsp3) is 0.0385. The van der Waals surface area contributed by atoms with E-state index in [0.29, 0.717) is 15.9 Å². The summed E-state index contributed by atoms with van der Waals surface area (Å²) in [6.07, 6.45) is 1.21. The normalized spacial score (nSPS) is 11.3. The van der Waals surface area contributed by atoms with E-state index in [0.717, 1.165) is 16.3 Å². The highest BCUT2D eigenvalue weighted by Gasteiger charge is 2.13. The van der Waals surface area contributed by atoms with Gasteiger partial charge < -0.3 is 9.72 Å². The summed E-state index contributed by atoms with van der Waals surface area (Å²) in [6.45, 7) is 0.205. The van der Waals surface area contributed by atoms with E-state index in [4.69, 9.17) is 4.74 Å². The Kier molecular flexibility index (Phi) is 5.64. The van der Waals surface area contributed by atoms with Crippen molar-refractivity contribution < 1.29 is 9.66 Å². The number of non-ortho nitro benzene ring substituents is 1. The molecule has 5 rings (SSSR count). The molecule has 35 heavy (non-hydrogen) atoms. The van der Waals surface area contributed by atoms with Crippen LogP contribution in [0.4, 0.5) is 5.69 Å². The number of nitrogens with one attached hydrogen (secondary N) is 1. The largest absolute Gasteiger partial charge is 0.488 e. The van der Waals surface area contributed by atoms with Gasteiger partial charge in [0.05, 0.1) is 22.0 Å². The predicted octanol–water partition coefficient (Wildman–Crippen LogP) is 4.21. The lowest BCUT2D eigenvalue weighted by Gasteiger charge is -2.11. The van der Waals surface area contributed by atoms with E-state index in [2.05, 4.69) is 10.1 Å². The molecule has 1 aromatic heterocycles. The van der Waals surface area contributed by atoms with Crippen LogP contribution in [-0.4, -0.2) is 20.8 Å². The molecule has 0 saturated heterocycles. The van der Waals surface area contributed by atoms with Crippen molar-refractivity contribution in [2.75, 3.05) is 0 Å². The third kappa shape index (κ3) is 4.30. The maximum Gasteiger partial charge on any atom is 0.349 e. The van der Waals surface area contributed by atoms with Crippen LogP contribution in [0.1, 0.15) is 11.1 Å². The highest BCUT2D eigenvalue weighted by atomic mass is 16.6. The maximum atomic E-state index is 12.8. The molecule has 0 aliphatic rings. The Morgan fingerprint density at radius 1 is 0.943 bits per heavy atom. The van der Waals surface area contributed by atoms with E-state index in [1.54, 1.807) is 24.3 Å². The van der Waals surface area contributed by atoms with Crippen LogP contribution in [0.3, 0.4) is 0 Å². The molecule has 0 spiro atoms. The van der Waals surface area contributed by atoms with Crippen LogP contribution < -0.4 is 16.0 Å². The highest BCUT2D eigenvalue weighted by molar-refractivity contribution is 5.86. The van der Waals surface area contributed by atoms with Crippen molar-refractivity contribution in [1.82, 2.24) is 9.66 Å². The Balaban J connectivity index is 1.52. The molecule has 0 aliphatic heterocycles. The first-order valence-corrected chi connectivity index (χ1v) is 10.7. The molecule has 0 atom stereocenters. The molecule has 5 aromatic rings. The zero-order valence-electron chi connectivity index (χ0n) is 18.3. The van der Waals surface area contributed by atoms with Crippen molar-refractivity contribution in [1.29, 1.82) is 0 Å². The lowest BCUT2D eigenvalue weighted by atomic mass is 10.1. The van der Waals surface area contributed by atoms with Gasteiger partial charge in [-0.1, -0.05) is 54.6 Å². The number of aromatic amines is 1. The number of nitro benzene ring substituents is 1. The Morgan fingerprint density at radius 2 is 1.69 bits per heavy atom. The van der Waals surface area contributed by atoms with Crippen LogP contribution in [0.5, 0.6) is 5.75 Å². The Labute approximate surface area is 197 Å². The van der Waals surface area contributed by atoms with Gasteiger partial charge in [0.2, 0.25) is 0 Å². The van der Waals surface area contributed by atoms with E-state index in [9.17, 15) is 19.7 Å². The van der Waals surface area contributed by atoms with Crippen LogP contribution in [0, 0.1) is 10.1 Å². The quantitative estimate of drug-likeness (QED) is 0.228. The van der Waals surface area contributed by atoms with Crippen LogP contribution in [-0.2, 0) is 6.61 Å². The van der Waals surface area contributed by atoms with Crippen molar-refractivity contribution in [2.24, 2.45) is 5.10 Å². The van der Waals surface area contributed by atoms with Gasteiger partial charge in [-0.05, 0) is 34.5 Å². The van der Waals surface area contributed by atoms with E-state index in [1.165, 1.54) is 24.4 Å². The van der Waals surface area contributed by atoms with Crippen molar-refractivity contribution in [3.8, 4) is 5.75 Å². The molecule has 4 aromatic carbocycles. The van der Waals surface area contributed by atoms with Crippen molar-refractivity contribution in [3.05, 3.63) is 127 Å². The minimum Gasteiger partial charge on any atom is -0.488 e. The van der Waals surface area contributed by atoms with Gasteiger partial charge in [0.1, 0.15) is 12.4 Å².